The van der Waals surface area contributed by atoms with Gasteiger partial charge in [0, 0.05) is 18.9 Å². The second-order valence-electron chi connectivity index (χ2n) is 5.70. The highest BCUT2D eigenvalue weighted by Gasteiger charge is 2.25. The topological polar surface area (TPSA) is 82.4 Å². The Balaban J connectivity index is 1.96. The van der Waals surface area contributed by atoms with Crippen LogP contribution in [0.1, 0.15) is 29.6 Å². The van der Waals surface area contributed by atoms with Crippen LogP contribution in [-0.2, 0) is 9.53 Å². The molecule has 1 amide bonds. The monoisotopic (exact) mass is 349 g/mol. The van der Waals surface area contributed by atoms with Gasteiger partial charge in [-0.2, -0.15) is 5.26 Å². The van der Waals surface area contributed by atoms with Gasteiger partial charge in [0.1, 0.15) is 0 Å². The summed E-state index contributed by atoms with van der Waals surface area (Å²) in [5, 5.41) is 11.8. The van der Waals surface area contributed by atoms with E-state index in [1.54, 1.807) is 12.1 Å². The van der Waals surface area contributed by atoms with Gasteiger partial charge >= 0.3 is 5.97 Å². The van der Waals surface area contributed by atoms with Crippen molar-refractivity contribution in [1.29, 1.82) is 5.26 Å². The zero-order valence-corrected chi connectivity index (χ0v) is 14.3. The number of hydrogen-bond acceptors (Lipinski definition) is 5. The second kappa shape index (κ2) is 8.67. The Bertz CT molecular complexity index is 649. The molecule has 0 spiro atoms. The number of piperidine rings is 1. The van der Waals surface area contributed by atoms with Gasteiger partial charge in [-0.05, 0) is 44.1 Å². The molecule has 1 heterocycles. The number of methoxy groups -OCH3 is 1. The van der Waals surface area contributed by atoms with E-state index in [1.807, 2.05) is 0 Å². The predicted octanol–water partition coefficient (Wildman–Crippen LogP) is 2.69. The van der Waals surface area contributed by atoms with Crippen LogP contribution in [0.3, 0.4) is 0 Å². The molecule has 0 atom stereocenters. The normalized spacial score (nSPS) is 15.5. The van der Waals surface area contributed by atoms with Gasteiger partial charge in [-0.1, -0.05) is 11.6 Å². The highest BCUT2D eigenvalue weighted by Crippen LogP contribution is 2.26. The van der Waals surface area contributed by atoms with Crippen molar-refractivity contribution in [3.05, 3.63) is 28.8 Å². The third kappa shape index (κ3) is 4.70. The maximum atomic E-state index is 12.4. The number of nitriles is 1. The summed E-state index contributed by atoms with van der Waals surface area (Å²) in [5.41, 5.74) is 0.750. The molecule has 24 heavy (non-hydrogen) atoms. The lowest BCUT2D eigenvalue weighted by atomic mass is 9.95. The predicted molar refractivity (Wildman–Crippen MR) is 90.8 cm³/mol. The SMILES string of the molecule is COC(=O)c1ccc(Cl)c(NC(=O)C2CCN(CCC#N)CC2)c1. The van der Waals surface area contributed by atoms with Gasteiger partial charge in [0.2, 0.25) is 5.91 Å². The van der Waals surface area contributed by atoms with Crippen LogP contribution in [0.4, 0.5) is 5.69 Å². The molecule has 1 N–H and O–H groups in total. The molecule has 128 valence electrons. The van der Waals surface area contributed by atoms with E-state index in [9.17, 15) is 9.59 Å². The molecule has 1 aliphatic rings. The van der Waals surface area contributed by atoms with Crippen LogP contribution in [0.15, 0.2) is 18.2 Å². The summed E-state index contributed by atoms with van der Waals surface area (Å²) in [6, 6.07) is 6.77. The van der Waals surface area contributed by atoms with Crippen molar-refractivity contribution in [2.75, 3.05) is 32.1 Å². The average Bonchev–Trinajstić information content (AvgIpc) is 2.61. The molecule has 0 bridgehead atoms. The van der Waals surface area contributed by atoms with E-state index < -0.39 is 5.97 Å². The molecule has 0 aromatic heterocycles. The Kier molecular flexibility index (Phi) is 6.59. The van der Waals surface area contributed by atoms with Gasteiger partial charge in [-0.3, -0.25) is 4.79 Å². The number of nitrogens with one attached hydrogen (secondary N) is 1. The smallest absolute Gasteiger partial charge is 0.337 e. The first kappa shape index (κ1) is 18.2. The van der Waals surface area contributed by atoms with Crippen molar-refractivity contribution in [2.45, 2.75) is 19.3 Å². The highest BCUT2D eigenvalue weighted by atomic mass is 35.5. The molecule has 1 saturated heterocycles. The molecule has 1 aliphatic heterocycles. The number of amides is 1. The lowest BCUT2D eigenvalue weighted by Crippen LogP contribution is -2.38. The van der Waals surface area contributed by atoms with Crippen molar-refractivity contribution in [2.24, 2.45) is 5.92 Å². The number of ether oxygens (including phenoxy) is 1. The van der Waals surface area contributed by atoms with Crippen LogP contribution in [0, 0.1) is 17.2 Å². The summed E-state index contributed by atoms with van der Waals surface area (Å²) >= 11 is 6.10. The fourth-order valence-electron chi connectivity index (χ4n) is 2.73. The Labute approximate surface area is 146 Å². The van der Waals surface area contributed by atoms with Crippen LogP contribution in [0.2, 0.25) is 5.02 Å². The lowest BCUT2D eigenvalue weighted by molar-refractivity contribution is -0.121. The third-order valence-electron chi connectivity index (χ3n) is 4.14. The number of nitrogens with zero attached hydrogens (tertiary/aromatic N) is 2. The summed E-state index contributed by atoms with van der Waals surface area (Å²) in [5.74, 6) is -0.673. The van der Waals surface area contributed by atoms with Gasteiger partial charge < -0.3 is 15.0 Å². The van der Waals surface area contributed by atoms with Crippen molar-refractivity contribution in [3.63, 3.8) is 0 Å². The average molecular weight is 350 g/mol. The molecule has 7 heteroatoms. The Morgan fingerprint density at radius 2 is 2.12 bits per heavy atom. The zero-order valence-electron chi connectivity index (χ0n) is 13.5. The summed E-state index contributed by atoms with van der Waals surface area (Å²) in [6.45, 7) is 2.35. The number of esters is 1. The first-order valence-electron chi connectivity index (χ1n) is 7.83. The lowest BCUT2D eigenvalue weighted by Gasteiger charge is -2.30. The van der Waals surface area contributed by atoms with E-state index in [0.717, 1.165) is 32.5 Å². The van der Waals surface area contributed by atoms with Crippen molar-refractivity contribution >= 4 is 29.2 Å². The highest BCUT2D eigenvalue weighted by molar-refractivity contribution is 6.33. The molecule has 6 nitrogen and oxygen atoms in total. The zero-order chi connectivity index (χ0) is 17.5. The van der Waals surface area contributed by atoms with E-state index in [-0.39, 0.29) is 11.8 Å². The minimum atomic E-state index is -0.479. The number of halogens is 1. The molecule has 1 aromatic rings. The number of benzene rings is 1. The van der Waals surface area contributed by atoms with Crippen LogP contribution < -0.4 is 5.32 Å². The quantitative estimate of drug-likeness (QED) is 0.826. The van der Waals surface area contributed by atoms with Gasteiger partial charge in [0.15, 0.2) is 0 Å². The first-order chi connectivity index (χ1) is 11.5. The van der Waals surface area contributed by atoms with E-state index in [0.29, 0.717) is 22.7 Å². The van der Waals surface area contributed by atoms with Crippen LogP contribution in [-0.4, -0.2) is 43.5 Å². The molecular weight excluding hydrogens is 330 g/mol. The molecule has 0 saturated carbocycles. The first-order valence-corrected chi connectivity index (χ1v) is 8.21. The summed E-state index contributed by atoms with van der Waals surface area (Å²) in [6.07, 6.45) is 1.99. The van der Waals surface area contributed by atoms with Crippen molar-refractivity contribution in [1.82, 2.24) is 4.90 Å². The van der Waals surface area contributed by atoms with Gasteiger partial charge in [0.05, 0.1) is 29.5 Å². The summed E-state index contributed by atoms with van der Waals surface area (Å²) < 4.78 is 4.67. The molecule has 1 fully saturated rings. The number of anilines is 1. The van der Waals surface area contributed by atoms with Crippen molar-refractivity contribution < 1.29 is 14.3 Å². The maximum absolute atomic E-state index is 12.4. The third-order valence-corrected chi connectivity index (χ3v) is 4.47. The summed E-state index contributed by atoms with van der Waals surface area (Å²) in [4.78, 5) is 26.2. The fraction of sp³-hybridized carbons (Fsp3) is 0.471. The number of likely N-dealkylation sites (tertiary alicyclic amines) is 1. The van der Waals surface area contributed by atoms with E-state index in [1.165, 1.54) is 13.2 Å². The molecule has 1 aromatic carbocycles. The summed E-state index contributed by atoms with van der Waals surface area (Å²) in [7, 11) is 1.30. The maximum Gasteiger partial charge on any atom is 0.337 e. The van der Waals surface area contributed by atoms with Crippen LogP contribution in [0.5, 0.6) is 0 Å². The number of carbonyl (C=O) groups is 2. The minimum absolute atomic E-state index is 0.0961. The Hall–Kier alpha value is -2.10. The van der Waals surface area contributed by atoms with Gasteiger partial charge in [-0.15, -0.1) is 0 Å². The number of rotatable bonds is 5. The molecule has 0 aliphatic carbocycles. The van der Waals surface area contributed by atoms with Crippen LogP contribution >= 0.6 is 11.6 Å². The fourth-order valence-corrected chi connectivity index (χ4v) is 2.89. The molecule has 0 radical (unpaired) electrons. The number of carbonyl (C=O) groups excluding carboxylic acids is 2. The van der Waals surface area contributed by atoms with Gasteiger partial charge in [0.25, 0.3) is 0 Å². The van der Waals surface area contributed by atoms with Gasteiger partial charge in [-0.25, -0.2) is 4.79 Å². The standard InChI is InChI=1S/C17H20ClN3O3/c1-24-17(23)13-3-4-14(18)15(11-13)20-16(22)12-5-9-21(10-6-12)8-2-7-19/h3-4,11-12H,2,5-6,8-10H2,1H3,(H,20,22). The number of hydrogen-bond donors (Lipinski definition) is 1. The van der Waals surface area contributed by atoms with Crippen molar-refractivity contribution in [3.8, 4) is 6.07 Å². The van der Waals surface area contributed by atoms with E-state index in [4.69, 9.17) is 16.9 Å². The minimum Gasteiger partial charge on any atom is -0.465 e. The van der Waals surface area contributed by atoms with Crippen LogP contribution in [0.25, 0.3) is 0 Å². The van der Waals surface area contributed by atoms with E-state index >= 15 is 0 Å². The molecular formula is C17H20ClN3O3. The molecule has 0 unspecified atom stereocenters. The second-order valence-corrected chi connectivity index (χ2v) is 6.11. The Morgan fingerprint density at radius 3 is 2.75 bits per heavy atom. The Morgan fingerprint density at radius 1 is 1.42 bits per heavy atom. The van der Waals surface area contributed by atoms with E-state index in [2.05, 4.69) is 21.0 Å². The largest absolute Gasteiger partial charge is 0.465 e. The molecule has 2 rings (SSSR count).